The lowest BCUT2D eigenvalue weighted by molar-refractivity contribution is 0.624. The van der Waals surface area contributed by atoms with Gasteiger partial charge in [0.1, 0.15) is 0 Å². The van der Waals surface area contributed by atoms with E-state index in [0.29, 0.717) is 6.04 Å². The number of H-pyrrole nitrogens is 1. The molecule has 0 saturated heterocycles. The van der Waals surface area contributed by atoms with Crippen LogP contribution in [-0.2, 0) is 6.42 Å². The first-order valence-corrected chi connectivity index (χ1v) is 8.26. The summed E-state index contributed by atoms with van der Waals surface area (Å²) in [6.45, 7) is 10.3. The normalized spacial score (nSPS) is 12.8. The first-order valence-electron chi connectivity index (χ1n) is 8.26. The van der Waals surface area contributed by atoms with E-state index in [1.54, 1.807) is 0 Å². The Morgan fingerprint density at radius 3 is 2.78 bits per heavy atom. The van der Waals surface area contributed by atoms with Gasteiger partial charge in [0.05, 0.1) is 0 Å². The van der Waals surface area contributed by atoms with Crippen molar-refractivity contribution in [2.75, 3.05) is 13.1 Å². The summed E-state index contributed by atoms with van der Waals surface area (Å²) in [7, 11) is 0. The van der Waals surface area contributed by atoms with Crippen LogP contribution in [0.4, 0.5) is 0 Å². The van der Waals surface area contributed by atoms with Gasteiger partial charge < -0.3 is 15.6 Å². The molecule has 4 nitrogen and oxygen atoms in total. The first kappa shape index (κ1) is 19.8. The Balaban J connectivity index is 0.00000264. The zero-order valence-electron chi connectivity index (χ0n) is 14.6. The third-order valence-corrected chi connectivity index (χ3v) is 4.00. The van der Waals surface area contributed by atoms with E-state index >= 15 is 0 Å². The van der Waals surface area contributed by atoms with Gasteiger partial charge in [-0.15, -0.1) is 24.0 Å². The van der Waals surface area contributed by atoms with Crippen molar-refractivity contribution in [3.63, 3.8) is 0 Å². The van der Waals surface area contributed by atoms with Crippen molar-refractivity contribution in [2.45, 2.75) is 46.6 Å². The van der Waals surface area contributed by atoms with Crippen LogP contribution < -0.4 is 10.6 Å². The number of nitrogens with zero attached hydrogens (tertiary/aromatic N) is 1. The molecule has 0 fully saturated rings. The number of aryl methyl sites for hydroxylation is 1. The van der Waals surface area contributed by atoms with Crippen LogP contribution in [0.5, 0.6) is 0 Å². The molecule has 2 aromatic rings. The number of halogens is 1. The summed E-state index contributed by atoms with van der Waals surface area (Å²) in [5.74, 6) is 0.910. The maximum atomic E-state index is 4.69. The molecule has 1 atom stereocenters. The van der Waals surface area contributed by atoms with E-state index in [-0.39, 0.29) is 24.0 Å². The van der Waals surface area contributed by atoms with Gasteiger partial charge in [0, 0.05) is 36.2 Å². The smallest absolute Gasteiger partial charge is 0.191 e. The average molecular weight is 428 g/mol. The van der Waals surface area contributed by atoms with Crippen LogP contribution in [0.15, 0.2) is 29.4 Å². The summed E-state index contributed by atoms with van der Waals surface area (Å²) in [6, 6.07) is 6.88. The van der Waals surface area contributed by atoms with Gasteiger partial charge in [0.15, 0.2) is 5.96 Å². The molecule has 3 N–H and O–H groups in total. The van der Waals surface area contributed by atoms with E-state index in [4.69, 9.17) is 0 Å². The van der Waals surface area contributed by atoms with E-state index in [1.807, 2.05) is 0 Å². The van der Waals surface area contributed by atoms with E-state index in [0.717, 1.165) is 31.9 Å². The van der Waals surface area contributed by atoms with Gasteiger partial charge >= 0.3 is 0 Å². The Morgan fingerprint density at radius 1 is 1.30 bits per heavy atom. The van der Waals surface area contributed by atoms with Crippen LogP contribution >= 0.6 is 24.0 Å². The lowest BCUT2D eigenvalue weighted by Crippen LogP contribution is -2.42. The summed E-state index contributed by atoms with van der Waals surface area (Å²) in [5.41, 5.74) is 3.87. The summed E-state index contributed by atoms with van der Waals surface area (Å²) in [6.07, 6.45) is 4.15. The number of benzene rings is 1. The molecule has 0 saturated carbocycles. The standard InChI is InChI=1S/C18H28N4.HI/c1-5-14(4)22-18(19-6-2)20-11-10-15-12-21-17-13(3)8-7-9-16(15)17;/h7-9,12,14,21H,5-6,10-11H2,1-4H3,(H2,19,20,22);1H. The number of nitrogens with one attached hydrogen (secondary N) is 3. The van der Waals surface area contributed by atoms with E-state index in [2.05, 4.69) is 72.7 Å². The second-order valence-corrected chi connectivity index (χ2v) is 5.78. The zero-order valence-corrected chi connectivity index (χ0v) is 16.9. The molecule has 0 aliphatic heterocycles. The van der Waals surface area contributed by atoms with Gasteiger partial charge in [-0.2, -0.15) is 0 Å². The van der Waals surface area contributed by atoms with Crippen LogP contribution in [0.25, 0.3) is 10.9 Å². The molecule has 0 aliphatic rings. The zero-order chi connectivity index (χ0) is 15.9. The third kappa shape index (κ3) is 5.41. The maximum Gasteiger partial charge on any atom is 0.191 e. The SMILES string of the molecule is CCNC(=NCCc1c[nH]c2c(C)cccc12)NC(C)CC.I. The van der Waals surface area contributed by atoms with E-state index < -0.39 is 0 Å². The molecule has 1 unspecified atom stereocenters. The van der Waals surface area contributed by atoms with Crippen molar-refractivity contribution >= 4 is 40.8 Å². The molecule has 1 aromatic carbocycles. The van der Waals surface area contributed by atoms with Crippen molar-refractivity contribution in [3.8, 4) is 0 Å². The monoisotopic (exact) mass is 428 g/mol. The topological polar surface area (TPSA) is 52.2 Å². The molecule has 128 valence electrons. The van der Waals surface area contributed by atoms with Gasteiger partial charge in [-0.1, -0.05) is 25.1 Å². The average Bonchev–Trinajstić information content (AvgIpc) is 2.92. The van der Waals surface area contributed by atoms with Crippen molar-refractivity contribution in [1.29, 1.82) is 0 Å². The number of aliphatic imine (C=N–C) groups is 1. The predicted molar refractivity (Wildman–Crippen MR) is 111 cm³/mol. The molecule has 1 aromatic heterocycles. The number of aromatic amines is 1. The lowest BCUT2D eigenvalue weighted by Gasteiger charge is -2.16. The van der Waals surface area contributed by atoms with Crippen LogP contribution in [0.1, 0.15) is 38.3 Å². The highest BCUT2D eigenvalue weighted by Crippen LogP contribution is 2.21. The molecule has 1 heterocycles. The van der Waals surface area contributed by atoms with Crippen LogP contribution in [0.2, 0.25) is 0 Å². The molecule has 23 heavy (non-hydrogen) atoms. The number of para-hydroxylation sites is 1. The van der Waals surface area contributed by atoms with Gasteiger partial charge in [0.2, 0.25) is 0 Å². The van der Waals surface area contributed by atoms with Crippen molar-refractivity contribution in [3.05, 3.63) is 35.5 Å². The van der Waals surface area contributed by atoms with Crippen molar-refractivity contribution in [1.82, 2.24) is 15.6 Å². The second kappa shape index (κ2) is 9.80. The number of hydrogen-bond donors (Lipinski definition) is 3. The molecular formula is C18H29IN4. The summed E-state index contributed by atoms with van der Waals surface area (Å²) < 4.78 is 0. The lowest BCUT2D eigenvalue weighted by atomic mass is 10.1. The number of hydrogen-bond acceptors (Lipinski definition) is 1. The van der Waals surface area contributed by atoms with Crippen LogP contribution in [-0.4, -0.2) is 30.1 Å². The predicted octanol–water partition coefficient (Wildman–Crippen LogP) is 3.99. The second-order valence-electron chi connectivity index (χ2n) is 5.78. The number of fused-ring (bicyclic) bond motifs is 1. The highest BCUT2D eigenvalue weighted by molar-refractivity contribution is 14.0. The largest absolute Gasteiger partial charge is 0.361 e. The number of guanidine groups is 1. The molecule has 5 heteroatoms. The Kier molecular flexibility index (Phi) is 8.44. The molecule has 2 rings (SSSR count). The molecule has 0 amide bonds. The number of rotatable bonds is 6. The van der Waals surface area contributed by atoms with Gasteiger partial charge in [0.25, 0.3) is 0 Å². The molecule has 0 spiro atoms. The summed E-state index contributed by atoms with van der Waals surface area (Å²) in [5, 5.41) is 8.05. The van der Waals surface area contributed by atoms with Crippen molar-refractivity contribution < 1.29 is 0 Å². The highest BCUT2D eigenvalue weighted by Gasteiger charge is 2.06. The maximum absolute atomic E-state index is 4.69. The minimum absolute atomic E-state index is 0. The van der Waals surface area contributed by atoms with E-state index in [1.165, 1.54) is 22.0 Å². The minimum atomic E-state index is 0. The fourth-order valence-corrected chi connectivity index (χ4v) is 2.51. The minimum Gasteiger partial charge on any atom is -0.361 e. The Hall–Kier alpha value is -1.24. The molecule has 0 aliphatic carbocycles. The Labute approximate surface area is 156 Å². The summed E-state index contributed by atoms with van der Waals surface area (Å²) in [4.78, 5) is 8.07. The first-order chi connectivity index (χ1) is 10.7. The molecule has 0 bridgehead atoms. The molecular weight excluding hydrogens is 399 g/mol. The van der Waals surface area contributed by atoms with Crippen LogP contribution in [0.3, 0.4) is 0 Å². The quantitative estimate of drug-likeness (QED) is 0.370. The highest BCUT2D eigenvalue weighted by atomic mass is 127. The van der Waals surface area contributed by atoms with Gasteiger partial charge in [-0.3, -0.25) is 4.99 Å². The van der Waals surface area contributed by atoms with Gasteiger partial charge in [-0.25, -0.2) is 0 Å². The third-order valence-electron chi connectivity index (χ3n) is 4.00. The van der Waals surface area contributed by atoms with Crippen molar-refractivity contribution in [2.24, 2.45) is 4.99 Å². The Bertz CT molecular complexity index is 633. The van der Waals surface area contributed by atoms with Crippen LogP contribution in [0, 0.1) is 6.92 Å². The molecule has 0 radical (unpaired) electrons. The fraction of sp³-hybridized carbons (Fsp3) is 0.500. The Morgan fingerprint density at radius 2 is 2.09 bits per heavy atom. The fourth-order valence-electron chi connectivity index (χ4n) is 2.51. The van der Waals surface area contributed by atoms with Gasteiger partial charge in [-0.05, 0) is 44.7 Å². The number of aromatic nitrogens is 1. The van der Waals surface area contributed by atoms with E-state index in [9.17, 15) is 0 Å². The summed E-state index contributed by atoms with van der Waals surface area (Å²) >= 11 is 0.